The summed E-state index contributed by atoms with van der Waals surface area (Å²) in [6, 6.07) is 5.81. The molecule has 1 nitrogen and oxygen atoms in total. The quantitative estimate of drug-likeness (QED) is 0.710. The van der Waals surface area contributed by atoms with Crippen LogP contribution >= 0.6 is 39.1 Å². The van der Waals surface area contributed by atoms with E-state index in [-0.39, 0.29) is 6.10 Å². The van der Waals surface area contributed by atoms with Gasteiger partial charge in [0.1, 0.15) is 0 Å². The number of benzene rings is 1. The highest BCUT2D eigenvalue weighted by Gasteiger charge is 2.28. The van der Waals surface area contributed by atoms with E-state index >= 15 is 0 Å². The van der Waals surface area contributed by atoms with Crippen molar-refractivity contribution in [2.45, 2.75) is 18.9 Å². The van der Waals surface area contributed by atoms with E-state index in [1.165, 1.54) is 0 Å². The summed E-state index contributed by atoms with van der Waals surface area (Å²) in [7, 11) is 0. The van der Waals surface area contributed by atoms with E-state index in [2.05, 4.69) is 15.9 Å². The molecular formula is C12H13BrCl2O. The minimum absolute atomic E-state index is 0.0953. The Morgan fingerprint density at radius 2 is 2.25 bits per heavy atom. The van der Waals surface area contributed by atoms with Gasteiger partial charge in [0, 0.05) is 27.9 Å². The Labute approximate surface area is 114 Å². The van der Waals surface area contributed by atoms with E-state index in [1.807, 2.05) is 18.2 Å². The van der Waals surface area contributed by atoms with Gasteiger partial charge in [0.15, 0.2) is 0 Å². The van der Waals surface area contributed by atoms with Crippen LogP contribution in [0.25, 0.3) is 0 Å². The Balaban J connectivity index is 2.27. The number of halogens is 3. The molecule has 0 spiro atoms. The van der Waals surface area contributed by atoms with Gasteiger partial charge in [0.2, 0.25) is 0 Å². The largest absolute Gasteiger partial charge is 0.373 e. The van der Waals surface area contributed by atoms with Crippen LogP contribution in [-0.4, -0.2) is 12.5 Å². The van der Waals surface area contributed by atoms with Crippen molar-refractivity contribution in [3.63, 3.8) is 0 Å². The highest BCUT2D eigenvalue weighted by Crippen LogP contribution is 2.38. The van der Waals surface area contributed by atoms with Crippen molar-refractivity contribution in [1.29, 1.82) is 0 Å². The van der Waals surface area contributed by atoms with Crippen LogP contribution in [0.4, 0.5) is 0 Å². The Bertz CT molecular complexity index is 370. The van der Waals surface area contributed by atoms with Gasteiger partial charge < -0.3 is 4.74 Å². The summed E-state index contributed by atoms with van der Waals surface area (Å²) in [6.07, 6.45) is 2.32. The van der Waals surface area contributed by atoms with Gasteiger partial charge in [-0.25, -0.2) is 0 Å². The topological polar surface area (TPSA) is 9.23 Å². The predicted octanol–water partition coefficient (Wildman–Crippen LogP) is 4.81. The zero-order valence-electron chi connectivity index (χ0n) is 8.76. The smallest absolute Gasteiger partial charge is 0.0875 e. The van der Waals surface area contributed by atoms with Crippen LogP contribution in [0.2, 0.25) is 5.02 Å². The third-order valence-electron chi connectivity index (χ3n) is 2.91. The van der Waals surface area contributed by atoms with Crippen LogP contribution in [0.5, 0.6) is 0 Å². The van der Waals surface area contributed by atoms with Gasteiger partial charge in [-0.15, -0.1) is 11.6 Å². The van der Waals surface area contributed by atoms with E-state index in [1.54, 1.807) is 0 Å². The molecule has 1 aliphatic rings. The molecule has 2 unspecified atom stereocenters. The Kier molecular flexibility index (Phi) is 4.54. The van der Waals surface area contributed by atoms with Crippen LogP contribution < -0.4 is 0 Å². The lowest BCUT2D eigenvalue weighted by Gasteiger charge is -2.31. The van der Waals surface area contributed by atoms with Crippen molar-refractivity contribution in [3.8, 4) is 0 Å². The van der Waals surface area contributed by atoms with Gasteiger partial charge in [0.25, 0.3) is 0 Å². The SMILES string of the molecule is ClCC1CCCOC1c1ccc(Cl)cc1Br. The summed E-state index contributed by atoms with van der Waals surface area (Å²) in [5.74, 6) is 1.03. The van der Waals surface area contributed by atoms with Crippen molar-refractivity contribution in [1.82, 2.24) is 0 Å². The zero-order valence-corrected chi connectivity index (χ0v) is 11.9. The third-order valence-corrected chi connectivity index (χ3v) is 4.23. The Morgan fingerprint density at radius 1 is 1.44 bits per heavy atom. The molecular weight excluding hydrogens is 311 g/mol. The van der Waals surface area contributed by atoms with Gasteiger partial charge in [-0.05, 0) is 30.5 Å². The maximum absolute atomic E-state index is 5.99. The molecule has 4 heteroatoms. The van der Waals surface area contributed by atoms with Crippen molar-refractivity contribution in [2.75, 3.05) is 12.5 Å². The van der Waals surface area contributed by atoms with Crippen molar-refractivity contribution >= 4 is 39.1 Å². The molecule has 0 saturated carbocycles. The molecule has 0 aliphatic carbocycles. The van der Waals surface area contributed by atoms with E-state index in [9.17, 15) is 0 Å². The van der Waals surface area contributed by atoms with Crippen molar-refractivity contribution in [3.05, 3.63) is 33.3 Å². The Morgan fingerprint density at radius 3 is 2.94 bits per heavy atom. The van der Waals surface area contributed by atoms with E-state index < -0.39 is 0 Å². The van der Waals surface area contributed by atoms with Crippen LogP contribution in [0.15, 0.2) is 22.7 Å². The number of rotatable bonds is 2. The summed E-state index contributed by atoms with van der Waals surface area (Å²) in [6.45, 7) is 0.813. The first-order valence-corrected chi connectivity index (χ1v) is 7.05. The maximum atomic E-state index is 5.99. The summed E-state index contributed by atoms with van der Waals surface area (Å²) < 4.78 is 6.83. The van der Waals surface area contributed by atoms with Crippen molar-refractivity contribution in [2.24, 2.45) is 5.92 Å². The molecule has 0 radical (unpaired) electrons. The van der Waals surface area contributed by atoms with Crippen LogP contribution in [0.3, 0.4) is 0 Å². The predicted molar refractivity (Wildman–Crippen MR) is 71.3 cm³/mol. The molecule has 16 heavy (non-hydrogen) atoms. The first-order chi connectivity index (χ1) is 7.72. The number of ether oxygens (including phenoxy) is 1. The maximum Gasteiger partial charge on any atom is 0.0875 e. The molecule has 2 rings (SSSR count). The summed E-state index contributed by atoms with van der Waals surface area (Å²) in [5.41, 5.74) is 1.15. The standard InChI is InChI=1S/C12H13BrCl2O/c13-11-6-9(15)3-4-10(11)12-8(7-14)2-1-5-16-12/h3-4,6,8,12H,1-2,5,7H2. The molecule has 1 aromatic rings. The van der Waals surface area contributed by atoms with E-state index in [0.717, 1.165) is 34.5 Å². The van der Waals surface area contributed by atoms with Gasteiger partial charge in [-0.1, -0.05) is 33.6 Å². The molecule has 1 aromatic carbocycles. The summed E-state index contributed by atoms with van der Waals surface area (Å²) >= 11 is 15.4. The monoisotopic (exact) mass is 322 g/mol. The molecule has 1 heterocycles. The molecule has 0 bridgehead atoms. The summed E-state index contributed by atoms with van der Waals surface area (Å²) in [4.78, 5) is 0. The lowest BCUT2D eigenvalue weighted by atomic mass is 9.91. The molecule has 1 fully saturated rings. The van der Waals surface area contributed by atoms with Gasteiger partial charge >= 0.3 is 0 Å². The second kappa shape index (κ2) is 5.72. The normalized spacial score (nSPS) is 25.7. The van der Waals surface area contributed by atoms with Crippen molar-refractivity contribution < 1.29 is 4.74 Å². The molecule has 2 atom stereocenters. The van der Waals surface area contributed by atoms with E-state index in [4.69, 9.17) is 27.9 Å². The van der Waals surface area contributed by atoms with Gasteiger partial charge in [0.05, 0.1) is 6.10 Å². The molecule has 0 amide bonds. The number of alkyl halides is 1. The highest BCUT2D eigenvalue weighted by atomic mass is 79.9. The van der Waals surface area contributed by atoms with Crippen LogP contribution in [0, 0.1) is 5.92 Å². The lowest BCUT2D eigenvalue weighted by Crippen LogP contribution is -2.24. The number of hydrogen-bond donors (Lipinski definition) is 0. The molecule has 0 aromatic heterocycles. The first-order valence-electron chi connectivity index (χ1n) is 5.35. The van der Waals surface area contributed by atoms with E-state index in [0.29, 0.717) is 11.8 Å². The summed E-state index contributed by atoms with van der Waals surface area (Å²) in [5, 5.41) is 0.730. The molecule has 0 N–H and O–H groups in total. The minimum atomic E-state index is 0.0953. The average molecular weight is 324 g/mol. The lowest BCUT2D eigenvalue weighted by molar-refractivity contribution is -0.0212. The second-order valence-corrected chi connectivity index (χ2v) is 5.61. The highest BCUT2D eigenvalue weighted by molar-refractivity contribution is 9.10. The zero-order chi connectivity index (χ0) is 11.5. The molecule has 88 valence electrons. The fourth-order valence-corrected chi connectivity index (χ4v) is 3.30. The molecule has 1 saturated heterocycles. The van der Waals surface area contributed by atoms with Gasteiger partial charge in [-0.3, -0.25) is 0 Å². The molecule has 1 aliphatic heterocycles. The Hall–Kier alpha value is 0.240. The average Bonchev–Trinajstić information content (AvgIpc) is 2.29. The fraction of sp³-hybridized carbons (Fsp3) is 0.500. The third kappa shape index (κ3) is 2.73. The first kappa shape index (κ1) is 12.7. The minimum Gasteiger partial charge on any atom is -0.373 e. The van der Waals surface area contributed by atoms with Crippen LogP contribution in [0.1, 0.15) is 24.5 Å². The number of hydrogen-bond acceptors (Lipinski definition) is 1. The second-order valence-electron chi connectivity index (χ2n) is 4.01. The van der Waals surface area contributed by atoms with Crippen LogP contribution in [-0.2, 0) is 4.74 Å². The van der Waals surface area contributed by atoms with Gasteiger partial charge in [-0.2, -0.15) is 0 Å². The fourth-order valence-electron chi connectivity index (χ4n) is 2.08.